The van der Waals surface area contributed by atoms with Crippen LogP contribution in [0, 0.1) is 0 Å². The Morgan fingerprint density at radius 2 is 1.93 bits per heavy atom. The predicted molar refractivity (Wildman–Crippen MR) is 113 cm³/mol. The normalized spacial score (nSPS) is 19.7. The van der Waals surface area contributed by atoms with E-state index >= 15 is 0 Å². The van der Waals surface area contributed by atoms with Crippen LogP contribution < -0.4 is 10.2 Å². The van der Waals surface area contributed by atoms with Crippen LogP contribution in [0.1, 0.15) is 49.9 Å². The van der Waals surface area contributed by atoms with Crippen molar-refractivity contribution in [1.82, 2.24) is 9.97 Å². The van der Waals surface area contributed by atoms with Crippen molar-refractivity contribution in [3.8, 4) is 0 Å². The van der Waals surface area contributed by atoms with Crippen LogP contribution >= 0.6 is 0 Å². The Hall–Kier alpha value is -2.93. The number of morpholine rings is 1. The van der Waals surface area contributed by atoms with Crippen LogP contribution in [0.25, 0.3) is 11.1 Å². The minimum atomic E-state index is -0.209. The zero-order valence-corrected chi connectivity index (χ0v) is 17.2. The maximum absolute atomic E-state index is 12.6. The molecule has 1 aliphatic rings. The van der Waals surface area contributed by atoms with Crippen LogP contribution in [0.2, 0.25) is 0 Å². The molecular formula is C22H26N4O3. The van der Waals surface area contributed by atoms with Crippen LogP contribution in [0.15, 0.2) is 40.9 Å². The van der Waals surface area contributed by atoms with Crippen LogP contribution in [-0.4, -0.2) is 41.2 Å². The van der Waals surface area contributed by atoms with E-state index in [2.05, 4.69) is 34.0 Å². The largest absolute Gasteiger partial charge is 0.440 e. The first-order valence-corrected chi connectivity index (χ1v) is 9.97. The van der Waals surface area contributed by atoms with Gasteiger partial charge in [0.2, 0.25) is 0 Å². The predicted octanol–water partition coefficient (Wildman–Crippen LogP) is 4.21. The van der Waals surface area contributed by atoms with Gasteiger partial charge in [0.05, 0.1) is 17.8 Å². The van der Waals surface area contributed by atoms with Crippen molar-refractivity contribution in [1.29, 1.82) is 0 Å². The van der Waals surface area contributed by atoms with Crippen molar-refractivity contribution in [2.45, 2.75) is 45.8 Å². The first-order chi connectivity index (χ1) is 13.9. The number of carbonyl (C=O) groups excluding carboxylic acids is 1. The van der Waals surface area contributed by atoms with Gasteiger partial charge in [-0.15, -0.1) is 0 Å². The maximum Gasteiger partial charge on any atom is 0.257 e. The van der Waals surface area contributed by atoms with Gasteiger partial charge in [-0.25, -0.2) is 9.97 Å². The Labute approximate surface area is 170 Å². The number of carbonyl (C=O) groups is 1. The lowest BCUT2D eigenvalue weighted by molar-refractivity contribution is -0.00546. The van der Waals surface area contributed by atoms with Gasteiger partial charge in [0.15, 0.2) is 11.5 Å². The number of fused-ring (bicyclic) bond motifs is 1. The average Bonchev–Trinajstić information content (AvgIpc) is 3.11. The molecule has 1 N–H and O–H groups in total. The molecule has 1 aromatic carbocycles. The zero-order valence-electron chi connectivity index (χ0n) is 17.2. The summed E-state index contributed by atoms with van der Waals surface area (Å²) in [6.45, 7) is 9.75. The summed E-state index contributed by atoms with van der Waals surface area (Å²) in [7, 11) is 0. The fourth-order valence-electron chi connectivity index (χ4n) is 3.55. The molecule has 4 rings (SSSR count). The number of hydrogen-bond donors (Lipinski definition) is 1. The van der Waals surface area contributed by atoms with Crippen LogP contribution in [-0.2, 0) is 4.74 Å². The summed E-state index contributed by atoms with van der Waals surface area (Å²) in [6, 6.07) is 9.14. The summed E-state index contributed by atoms with van der Waals surface area (Å²) in [5, 5.41) is 2.91. The number of hydrogen-bond acceptors (Lipinski definition) is 6. The smallest absolute Gasteiger partial charge is 0.257 e. The van der Waals surface area contributed by atoms with E-state index in [4.69, 9.17) is 9.15 Å². The molecule has 3 heterocycles. The van der Waals surface area contributed by atoms with Crippen molar-refractivity contribution in [2.75, 3.05) is 23.3 Å². The second-order valence-electron chi connectivity index (χ2n) is 7.91. The monoisotopic (exact) mass is 394 g/mol. The molecule has 0 unspecified atom stereocenters. The second kappa shape index (κ2) is 7.83. The fourth-order valence-corrected chi connectivity index (χ4v) is 3.55. The summed E-state index contributed by atoms with van der Waals surface area (Å²) in [4.78, 5) is 23.8. The summed E-state index contributed by atoms with van der Waals surface area (Å²) in [6.07, 6.45) is 1.93. The molecule has 2 aromatic heterocycles. The maximum atomic E-state index is 12.6. The Morgan fingerprint density at radius 1 is 1.17 bits per heavy atom. The van der Waals surface area contributed by atoms with E-state index in [1.54, 1.807) is 12.3 Å². The van der Waals surface area contributed by atoms with Gasteiger partial charge in [0.1, 0.15) is 11.3 Å². The molecule has 1 amide bonds. The van der Waals surface area contributed by atoms with E-state index in [9.17, 15) is 4.79 Å². The van der Waals surface area contributed by atoms with Crippen LogP contribution in [0.4, 0.5) is 11.5 Å². The van der Waals surface area contributed by atoms with Gasteiger partial charge in [-0.05, 0) is 44.2 Å². The third-order valence-corrected chi connectivity index (χ3v) is 4.91. The molecule has 7 heteroatoms. The number of rotatable bonds is 4. The Kier molecular flexibility index (Phi) is 5.24. The molecular weight excluding hydrogens is 368 g/mol. The Bertz CT molecular complexity index is 1000. The number of nitrogens with one attached hydrogen (secondary N) is 1. The first kappa shape index (κ1) is 19.4. The van der Waals surface area contributed by atoms with Gasteiger partial charge in [-0.3, -0.25) is 4.79 Å². The Morgan fingerprint density at radius 3 is 2.59 bits per heavy atom. The van der Waals surface area contributed by atoms with Crippen molar-refractivity contribution < 1.29 is 13.9 Å². The standard InChI is InChI=1S/C22H26N4O3/c1-13(2)22-25-18-9-17(6-7-19(18)29-22)24-21(27)16-5-8-20(23-10-16)26-11-14(3)28-15(4)12-26/h5-10,13-15H,11-12H2,1-4H3,(H,24,27)/t14-,15-/m1/s1. The zero-order chi connectivity index (χ0) is 20.5. The lowest BCUT2D eigenvalue weighted by atomic mass is 10.2. The number of benzene rings is 1. The van der Waals surface area contributed by atoms with Gasteiger partial charge in [-0.1, -0.05) is 13.8 Å². The number of pyridine rings is 1. The average molecular weight is 394 g/mol. The van der Waals surface area contributed by atoms with Crippen molar-refractivity contribution >= 4 is 28.5 Å². The number of aromatic nitrogens is 2. The number of ether oxygens (including phenoxy) is 1. The highest BCUT2D eigenvalue weighted by atomic mass is 16.5. The minimum Gasteiger partial charge on any atom is -0.440 e. The minimum absolute atomic E-state index is 0.159. The van der Waals surface area contributed by atoms with E-state index in [1.165, 1.54) is 0 Å². The molecule has 0 bridgehead atoms. The highest BCUT2D eigenvalue weighted by Crippen LogP contribution is 2.24. The third-order valence-electron chi connectivity index (χ3n) is 4.91. The molecule has 2 atom stereocenters. The molecule has 1 fully saturated rings. The molecule has 1 saturated heterocycles. The van der Waals surface area contributed by atoms with E-state index < -0.39 is 0 Å². The first-order valence-electron chi connectivity index (χ1n) is 9.97. The molecule has 1 aliphatic heterocycles. The van der Waals surface area contributed by atoms with Crippen LogP contribution in [0.5, 0.6) is 0 Å². The van der Waals surface area contributed by atoms with E-state index in [-0.39, 0.29) is 24.0 Å². The van der Waals surface area contributed by atoms with Crippen molar-refractivity contribution in [3.63, 3.8) is 0 Å². The molecule has 3 aromatic rings. The third kappa shape index (κ3) is 4.24. The summed E-state index contributed by atoms with van der Waals surface area (Å²) in [5.74, 6) is 1.55. The molecule has 29 heavy (non-hydrogen) atoms. The fraction of sp³-hybridized carbons (Fsp3) is 0.409. The van der Waals surface area contributed by atoms with Gasteiger partial charge in [-0.2, -0.15) is 0 Å². The molecule has 152 valence electrons. The van der Waals surface area contributed by atoms with Gasteiger partial charge in [0, 0.05) is 30.9 Å². The lowest BCUT2D eigenvalue weighted by Gasteiger charge is -2.36. The van der Waals surface area contributed by atoms with Gasteiger partial charge < -0.3 is 19.4 Å². The molecule has 0 spiro atoms. The highest BCUT2D eigenvalue weighted by molar-refractivity contribution is 6.04. The Balaban J connectivity index is 1.46. The SMILES string of the molecule is CC(C)c1nc2cc(NC(=O)c3ccc(N4C[C@@H](C)O[C@H](C)C4)nc3)ccc2o1. The molecule has 7 nitrogen and oxygen atoms in total. The van der Waals surface area contributed by atoms with Crippen molar-refractivity contribution in [3.05, 3.63) is 48.0 Å². The second-order valence-corrected chi connectivity index (χ2v) is 7.91. The van der Waals surface area contributed by atoms with E-state index in [0.717, 1.165) is 24.4 Å². The molecule has 0 saturated carbocycles. The quantitative estimate of drug-likeness (QED) is 0.714. The van der Waals surface area contributed by atoms with Gasteiger partial charge >= 0.3 is 0 Å². The number of anilines is 2. The lowest BCUT2D eigenvalue weighted by Crippen LogP contribution is -2.45. The van der Waals surface area contributed by atoms with Gasteiger partial charge in [0.25, 0.3) is 5.91 Å². The van der Waals surface area contributed by atoms with E-state index in [0.29, 0.717) is 22.7 Å². The molecule has 0 aliphatic carbocycles. The number of oxazole rings is 1. The molecule has 0 radical (unpaired) electrons. The highest BCUT2D eigenvalue weighted by Gasteiger charge is 2.23. The number of nitrogens with zero attached hydrogens (tertiary/aromatic N) is 3. The van der Waals surface area contributed by atoms with Crippen molar-refractivity contribution in [2.24, 2.45) is 0 Å². The summed E-state index contributed by atoms with van der Waals surface area (Å²) >= 11 is 0. The topological polar surface area (TPSA) is 80.5 Å². The van der Waals surface area contributed by atoms with Crippen LogP contribution in [0.3, 0.4) is 0 Å². The summed E-state index contributed by atoms with van der Waals surface area (Å²) in [5.41, 5.74) is 2.62. The summed E-state index contributed by atoms with van der Waals surface area (Å²) < 4.78 is 11.5. The van der Waals surface area contributed by atoms with E-state index in [1.807, 2.05) is 38.1 Å². The number of amides is 1.